The Morgan fingerprint density at radius 2 is 1.83 bits per heavy atom. The highest BCUT2D eigenvalue weighted by atomic mass is 19.1. The molecule has 24 heavy (non-hydrogen) atoms. The predicted molar refractivity (Wildman–Crippen MR) is 91.5 cm³/mol. The van der Waals surface area contributed by atoms with Crippen molar-refractivity contribution in [3.05, 3.63) is 60.0 Å². The van der Waals surface area contributed by atoms with Gasteiger partial charge in [-0.3, -0.25) is 4.90 Å². The highest BCUT2D eigenvalue weighted by Crippen LogP contribution is 2.15. The largest absolute Gasteiger partial charge is 0.338 e. The second kappa shape index (κ2) is 6.57. The van der Waals surface area contributed by atoms with Crippen molar-refractivity contribution in [1.29, 1.82) is 0 Å². The average Bonchev–Trinajstić information content (AvgIpc) is 2.90. The van der Waals surface area contributed by atoms with Crippen molar-refractivity contribution in [3.63, 3.8) is 0 Å². The number of pyridine rings is 1. The lowest BCUT2D eigenvalue weighted by Gasteiger charge is -2.21. The van der Waals surface area contributed by atoms with Gasteiger partial charge in [-0.15, -0.1) is 5.10 Å². The summed E-state index contributed by atoms with van der Waals surface area (Å²) < 4.78 is 14.8. The Morgan fingerprint density at radius 3 is 2.67 bits per heavy atom. The van der Waals surface area contributed by atoms with Crippen LogP contribution in [0.25, 0.3) is 5.65 Å². The first-order valence-electron chi connectivity index (χ1n) is 8.31. The molecule has 3 aromatic rings. The quantitative estimate of drug-likeness (QED) is 0.742. The molecule has 124 valence electrons. The van der Waals surface area contributed by atoms with Crippen molar-refractivity contribution in [2.45, 2.75) is 13.0 Å². The number of rotatable bonds is 3. The molecule has 5 nitrogen and oxygen atoms in total. The molecule has 0 N–H and O–H groups in total. The van der Waals surface area contributed by atoms with E-state index in [0.29, 0.717) is 0 Å². The van der Waals surface area contributed by atoms with E-state index in [2.05, 4.69) is 19.9 Å². The molecule has 0 spiro atoms. The molecule has 0 aliphatic carbocycles. The van der Waals surface area contributed by atoms with E-state index >= 15 is 0 Å². The number of aromatic nitrogens is 3. The van der Waals surface area contributed by atoms with Crippen molar-refractivity contribution in [3.8, 4) is 0 Å². The fraction of sp³-hybridized carbons (Fsp3) is 0.333. The summed E-state index contributed by atoms with van der Waals surface area (Å²) >= 11 is 0. The van der Waals surface area contributed by atoms with Crippen LogP contribution in [0.4, 0.5) is 10.3 Å². The Hall–Kier alpha value is -2.47. The molecular formula is C18H20FN5. The normalized spacial score (nSPS) is 16.5. The van der Waals surface area contributed by atoms with Crippen molar-refractivity contribution in [2.24, 2.45) is 0 Å². The standard InChI is InChI=1S/C18H20FN5/c19-16-7-5-15(6-8-16)14-22-9-3-10-23(13-12-22)18-20-17-4-1-2-11-24(17)21-18/h1-2,4-8,11H,3,9-10,12-14H2. The van der Waals surface area contributed by atoms with Crippen LogP contribution in [0.2, 0.25) is 0 Å². The third-order valence-electron chi connectivity index (χ3n) is 4.42. The monoisotopic (exact) mass is 325 g/mol. The van der Waals surface area contributed by atoms with Gasteiger partial charge in [-0.1, -0.05) is 18.2 Å². The van der Waals surface area contributed by atoms with Crippen LogP contribution in [-0.4, -0.2) is 45.7 Å². The number of nitrogens with zero attached hydrogens (tertiary/aromatic N) is 5. The Kier molecular flexibility index (Phi) is 4.13. The van der Waals surface area contributed by atoms with Gasteiger partial charge >= 0.3 is 0 Å². The Labute approximate surface area is 140 Å². The van der Waals surface area contributed by atoms with Gasteiger partial charge in [-0.2, -0.15) is 4.98 Å². The van der Waals surface area contributed by atoms with E-state index in [-0.39, 0.29) is 5.82 Å². The van der Waals surface area contributed by atoms with Gasteiger partial charge in [-0.25, -0.2) is 8.91 Å². The molecule has 3 heterocycles. The summed E-state index contributed by atoms with van der Waals surface area (Å²) in [5.41, 5.74) is 2.02. The number of hydrogen-bond acceptors (Lipinski definition) is 4. The van der Waals surface area contributed by atoms with Crippen LogP contribution >= 0.6 is 0 Å². The van der Waals surface area contributed by atoms with Crippen LogP contribution in [0, 0.1) is 5.82 Å². The summed E-state index contributed by atoms with van der Waals surface area (Å²) in [4.78, 5) is 9.27. The maximum atomic E-state index is 13.0. The van der Waals surface area contributed by atoms with Crippen LogP contribution in [0.5, 0.6) is 0 Å². The van der Waals surface area contributed by atoms with Gasteiger partial charge in [-0.05, 0) is 36.2 Å². The Balaban J connectivity index is 1.43. The molecule has 1 saturated heterocycles. The first-order valence-corrected chi connectivity index (χ1v) is 8.31. The molecule has 4 rings (SSSR count). The summed E-state index contributed by atoms with van der Waals surface area (Å²) in [7, 11) is 0. The van der Waals surface area contributed by atoms with Crippen LogP contribution in [-0.2, 0) is 6.54 Å². The second-order valence-electron chi connectivity index (χ2n) is 6.16. The van der Waals surface area contributed by atoms with Gasteiger partial charge in [0.2, 0.25) is 5.95 Å². The van der Waals surface area contributed by atoms with Gasteiger partial charge in [0.25, 0.3) is 0 Å². The minimum absolute atomic E-state index is 0.182. The van der Waals surface area contributed by atoms with Crippen molar-refractivity contribution in [2.75, 3.05) is 31.1 Å². The first-order chi connectivity index (χ1) is 11.8. The highest BCUT2D eigenvalue weighted by molar-refractivity contribution is 5.44. The van der Waals surface area contributed by atoms with E-state index in [1.165, 1.54) is 12.1 Å². The van der Waals surface area contributed by atoms with Crippen molar-refractivity contribution in [1.82, 2.24) is 19.5 Å². The summed E-state index contributed by atoms with van der Waals surface area (Å²) in [6.07, 6.45) is 2.99. The zero-order valence-electron chi connectivity index (χ0n) is 13.5. The topological polar surface area (TPSA) is 36.7 Å². The SMILES string of the molecule is Fc1ccc(CN2CCCN(c3nc4ccccn4n3)CC2)cc1. The molecule has 1 aromatic carbocycles. The molecule has 0 amide bonds. The lowest BCUT2D eigenvalue weighted by molar-refractivity contribution is 0.285. The van der Waals surface area contributed by atoms with Gasteiger partial charge in [0, 0.05) is 38.9 Å². The van der Waals surface area contributed by atoms with Crippen molar-refractivity contribution >= 4 is 11.6 Å². The summed E-state index contributed by atoms with van der Waals surface area (Å²) in [5.74, 6) is 0.614. The number of fused-ring (bicyclic) bond motifs is 1. The molecule has 0 bridgehead atoms. The Morgan fingerprint density at radius 1 is 0.958 bits per heavy atom. The van der Waals surface area contributed by atoms with Gasteiger partial charge in [0.05, 0.1) is 0 Å². The number of anilines is 1. The number of benzene rings is 1. The molecule has 0 radical (unpaired) electrons. The Bertz CT molecular complexity index is 781. The fourth-order valence-corrected chi connectivity index (χ4v) is 3.13. The maximum absolute atomic E-state index is 13.0. The molecule has 0 unspecified atom stereocenters. The molecule has 2 aromatic heterocycles. The molecule has 1 fully saturated rings. The second-order valence-corrected chi connectivity index (χ2v) is 6.16. The third-order valence-corrected chi connectivity index (χ3v) is 4.42. The van der Waals surface area contributed by atoms with Crippen LogP contribution in [0.15, 0.2) is 48.7 Å². The predicted octanol–water partition coefficient (Wildman–Crippen LogP) is 2.58. The average molecular weight is 325 g/mol. The van der Waals surface area contributed by atoms with E-state index in [4.69, 9.17) is 0 Å². The van der Waals surface area contributed by atoms with Crippen molar-refractivity contribution < 1.29 is 4.39 Å². The molecular weight excluding hydrogens is 305 g/mol. The van der Waals surface area contributed by atoms with Crippen LogP contribution < -0.4 is 4.90 Å². The lowest BCUT2D eigenvalue weighted by Crippen LogP contribution is -2.31. The zero-order valence-corrected chi connectivity index (χ0v) is 13.5. The minimum Gasteiger partial charge on any atom is -0.338 e. The van der Waals surface area contributed by atoms with Crippen LogP contribution in [0.1, 0.15) is 12.0 Å². The van der Waals surface area contributed by atoms with E-state index in [1.807, 2.05) is 41.0 Å². The summed E-state index contributed by atoms with van der Waals surface area (Å²) in [6, 6.07) is 12.7. The van der Waals surface area contributed by atoms with E-state index in [9.17, 15) is 4.39 Å². The summed E-state index contributed by atoms with van der Waals surface area (Å²) in [6.45, 7) is 4.69. The molecule has 6 heteroatoms. The van der Waals surface area contributed by atoms with Gasteiger partial charge in [0.15, 0.2) is 5.65 Å². The summed E-state index contributed by atoms with van der Waals surface area (Å²) in [5, 5.41) is 4.57. The van der Waals surface area contributed by atoms with Crippen LogP contribution in [0.3, 0.4) is 0 Å². The van der Waals surface area contributed by atoms with E-state index < -0.39 is 0 Å². The first kappa shape index (κ1) is 15.1. The number of hydrogen-bond donors (Lipinski definition) is 0. The molecule has 1 aliphatic rings. The molecule has 0 saturated carbocycles. The van der Waals surface area contributed by atoms with Gasteiger partial charge in [0.1, 0.15) is 5.82 Å². The smallest absolute Gasteiger partial charge is 0.245 e. The van der Waals surface area contributed by atoms with Gasteiger partial charge < -0.3 is 4.90 Å². The zero-order chi connectivity index (χ0) is 16.4. The lowest BCUT2D eigenvalue weighted by atomic mass is 10.2. The maximum Gasteiger partial charge on any atom is 0.245 e. The minimum atomic E-state index is -0.182. The van der Waals surface area contributed by atoms with E-state index in [0.717, 1.165) is 56.3 Å². The highest BCUT2D eigenvalue weighted by Gasteiger charge is 2.18. The fourth-order valence-electron chi connectivity index (χ4n) is 3.13. The third kappa shape index (κ3) is 3.23. The molecule has 0 atom stereocenters. The molecule has 1 aliphatic heterocycles. The van der Waals surface area contributed by atoms with E-state index in [1.54, 1.807) is 0 Å². The number of halogens is 1.